The van der Waals surface area contributed by atoms with Gasteiger partial charge in [0.1, 0.15) is 0 Å². The molecule has 0 heterocycles. The van der Waals surface area contributed by atoms with Gasteiger partial charge in [-0.1, -0.05) is 58.4 Å². The lowest BCUT2D eigenvalue weighted by Crippen LogP contribution is -2.52. The Hall–Kier alpha value is -1.15. The Morgan fingerprint density at radius 2 is 1.90 bits per heavy atom. The number of fused-ring (bicyclic) bond motifs is 5. The molecule has 160 valence electrons. The Labute approximate surface area is 175 Å². The highest BCUT2D eigenvalue weighted by Crippen LogP contribution is 2.63. The number of hydrogen-bond donors (Lipinski definition) is 1. The van der Waals surface area contributed by atoms with Crippen molar-refractivity contribution in [3.8, 4) is 0 Å². The summed E-state index contributed by atoms with van der Waals surface area (Å²) in [6.45, 7) is 10.6. The molecule has 2 fully saturated rings. The topological polar surface area (TPSA) is 63.2 Å². The van der Waals surface area contributed by atoms with Gasteiger partial charge in [0.15, 0.2) is 0 Å². The molecular weight excluding hydrogens is 381 g/mol. The van der Waals surface area contributed by atoms with E-state index in [2.05, 4.69) is 37.4 Å². The molecule has 0 spiro atoms. The summed E-state index contributed by atoms with van der Waals surface area (Å²) in [5.41, 5.74) is 0.932. The predicted octanol–water partition coefficient (Wildman–Crippen LogP) is 5.80. The molecule has 4 rings (SSSR count). The van der Waals surface area contributed by atoms with Gasteiger partial charge in [0.25, 0.3) is 0 Å². The lowest BCUT2D eigenvalue weighted by Gasteiger charge is -2.55. The van der Waals surface area contributed by atoms with E-state index in [9.17, 15) is 13.9 Å². The molecule has 0 aromatic heterocycles. The third-order valence-electron chi connectivity index (χ3n) is 8.80. The zero-order valence-electron chi connectivity index (χ0n) is 18.5. The lowest BCUT2D eigenvalue weighted by molar-refractivity contribution is -0.130. The molecule has 4 nitrogen and oxygen atoms in total. The Morgan fingerprint density at radius 3 is 2.55 bits per heavy atom. The van der Waals surface area contributed by atoms with Crippen molar-refractivity contribution in [2.75, 3.05) is 0 Å². The van der Waals surface area contributed by atoms with Crippen LogP contribution in [0.4, 0.5) is 0 Å². The summed E-state index contributed by atoms with van der Waals surface area (Å²) in [5.74, 6) is 1.80. The summed E-state index contributed by atoms with van der Waals surface area (Å²) in [4.78, 5) is 12.7. The van der Waals surface area contributed by atoms with Gasteiger partial charge in [0.2, 0.25) is 5.91 Å². The first-order valence-electron chi connectivity index (χ1n) is 11.3. The minimum Gasteiger partial charge on any atom is -0.352 e. The lowest BCUT2D eigenvalue weighted by atomic mass is 9.50. The second-order valence-electron chi connectivity index (χ2n) is 11.4. The van der Waals surface area contributed by atoms with Crippen LogP contribution in [0, 0.1) is 34.0 Å². The average Bonchev–Trinajstić information content (AvgIpc) is 2.96. The van der Waals surface area contributed by atoms with Gasteiger partial charge in [-0.15, -0.1) is 0 Å². The predicted molar refractivity (Wildman–Crippen MR) is 115 cm³/mol. The van der Waals surface area contributed by atoms with Crippen LogP contribution in [-0.2, 0) is 13.9 Å². The van der Waals surface area contributed by atoms with Gasteiger partial charge < -0.3 is 5.32 Å². The first-order chi connectivity index (χ1) is 13.5. The second-order valence-corrected chi connectivity index (χ2v) is 12.7. The zero-order valence-corrected chi connectivity index (χ0v) is 19.4. The Morgan fingerprint density at radius 1 is 1.17 bits per heavy atom. The molecule has 0 aromatic carbocycles. The largest absolute Gasteiger partial charge is 0.352 e. The molecule has 0 saturated heterocycles. The highest BCUT2D eigenvalue weighted by Gasteiger charge is 2.57. The standard InChI is InChI=1S/C24H36NO3P/c1-22(2,3)21(26)25-20-9-8-18-17-7-6-15-14-16(29(27)28)10-12-23(15,4)19(17)11-13-24(18,20)5/h6,11,13,16-20H,7-10,12,14H2,1-5H3,(H,25,26)/t16?,17-,18-,19+,20?,23-,24-/m0/s1. The number of amides is 1. The van der Waals surface area contributed by atoms with Crippen LogP contribution in [-0.4, -0.2) is 17.6 Å². The summed E-state index contributed by atoms with van der Waals surface area (Å²) in [7, 11) is -2.33. The summed E-state index contributed by atoms with van der Waals surface area (Å²) >= 11 is 0. The Kier molecular flexibility index (Phi) is 5.05. The van der Waals surface area contributed by atoms with Gasteiger partial charge in [0, 0.05) is 16.9 Å². The molecule has 4 aliphatic carbocycles. The molecule has 5 heteroatoms. The molecule has 0 bridgehead atoms. The van der Waals surface area contributed by atoms with E-state index in [4.69, 9.17) is 0 Å². The van der Waals surface area contributed by atoms with Crippen LogP contribution in [0.2, 0.25) is 0 Å². The zero-order chi connectivity index (χ0) is 21.2. The van der Waals surface area contributed by atoms with Crippen molar-refractivity contribution >= 4 is 13.6 Å². The van der Waals surface area contributed by atoms with Crippen LogP contribution >= 0.6 is 7.68 Å². The summed E-state index contributed by atoms with van der Waals surface area (Å²) < 4.78 is 23.1. The number of carbonyl (C=O) groups is 1. The summed E-state index contributed by atoms with van der Waals surface area (Å²) in [6.07, 6.45) is 12.9. The number of rotatable bonds is 2. The molecule has 0 aliphatic heterocycles. The maximum Gasteiger partial charge on any atom is 0.319 e. The molecule has 0 aromatic rings. The number of carbonyl (C=O) groups excluding carboxylic acids is 1. The highest BCUT2D eigenvalue weighted by molar-refractivity contribution is 7.31. The first-order valence-corrected chi connectivity index (χ1v) is 12.5. The van der Waals surface area contributed by atoms with E-state index in [1.165, 1.54) is 5.57 Å². The molecular formula is C24H36NO3P. The number of nitrogens with one attached hydrogen (secondary N) is 1. The van der Waals surface area contributed by atoms with Crippen LogP contribution < -0.4 is 5.32 Å². The molecule has 2 saturated carbocycles. The summed E-state index contributed by atoms with van der Waals surface area (Å²) in [6, 6.07) is 0.204. The van der Waals surface area contributed by atoms with E-state index in [1.54, 1.807) is 0 Å². The SMILES string of the molecule is CC(C)(C)C(=O)NC1CC[C@H]2[C@@H]3CC=C4CC(P(=O)=O)CC[C@]4(C)[C@@H]3C=C[C@]12C. The smallest absolute Gasteiger partial charge is 0.319 e. The van der Waals surface area contributed by atoms with E-state index >= 15 is 0 Å². The van der Waals surface area contributed by atoms with E-state index in [0.717, 1.165) is 38.5 Å². The van der Waals surface area contributed by atoms with E-state index in [0.29, 0.717) is 17.8 Å². The third kappa shape index (κ3) is 3.30. The van der Waals surface area contributed by atoms with Gasteiger partial charge in [-0.3, -0.25) is 4.79 Å². The van der Waals surface area contributed by atoms with Gasteiger partial charge >= 0.3 is 7.68 Å². The minimum absolute atomic E-state index is 0.0132. The number of hydrogen-bond acceptors (Lipinski definition) is 3. The average molecular weight is 418 g/mol. The molecule has 1 amide bonds. The normalized spacial score (nSPS) is 43.6. The van der Waals surface area contributed by atoms with Crippen LogP contribution in [0.25, 0.3) is 0 Å². The monoisotopic (exact) mass is 417 g/mol. The molecule has 4 aliphatic rings. The van der Waals surface area contributed by atoms with Crippen molar-refractivity contribution in [3.63, 3.8) is 0 Å². The maximum absolute atomic E-state index is 12.7. The van der Waals surface area contributed by atoms with Crippen molar-refractivity contribution in [2.24, 2.45) is 34.0 Å². The van der Waals surface area contributed by atoms with Crippen molar-refractivity contribution in [3.05, 3.63) is 23.8 Å². The fourth-order valence-corrected chi connectivity index (χ4v) is 7.50. The minimum atomic E-state index is -2.33. The van der Waals surface area contributed by atoms with Gasteiger partial charge in [-0.05, 0) is 61.7 Å². The fourth-order valence-electron chi connectivity index (χ4n) is 6.82. The van der Waals surface area contributed by atoms with E-state index < -0.39 is 7.68 Å². The van der Waals surface area contributed by atoms with Crippen molar-refractivity contribution in [1.29, 1.82) is 0 Å². The first kappa shape index (κ1) is 21.1. The van der Waals surface area contributed by atoms with E-state index in [-0.39, 0.29) is 33.9 Å². The van der Waals surface area contributed by atoms with Crippen LogP contribution in [0.5, 0.6) is 0 Å². The summed E-state index contributed by atoms with van der Waals surface area (Å²) in [5, 5.41) is 3.37. The second kappa shape index (κ2) is 6.94. The highest BCUT2D eigenvalue weighted by atomic mass is 31.1. The molecule has 7 atom stereocenters. The number of allylic oxidation sites excluding steroid dienone is 3. The quantitative estimate of drug-likeness (QED) is 0.456. The van der Waals surface area contributed by atoms with Crippen molar-refractivity contribution in [2.45, 2.75) is 84.8 Å². The molecule has 0 radical (unpaired) electrons. The van der Waals surface area contributed by atoms with E-state index in [1.807, 2.05) is 20.8 Å². The molecule has 1 N–H and O–H groups in total. The van der Waals surface area contributed by atoms with Crippen LogP contribution in [0.1, 0.15) is 73.1 Å². The van der Waals surface area contributed by atoms with Gasteiger partial charge in [-0.25, -0.2) is 9.13 Å². The Balaban J connectivity index is 1.59. The third-order valence-corrected chi connectivity index (χ3v) is 9.84. The van der Waals surface area contributed by atoms with Gasteiger partial charge in [0.05, 0.1) is 5.66 Å². The molecule has 29 heavy (non-hydrogen) atoms. The van der Waals surface area contributed by atoms with Crippen molar-refractivity contribution < 1.29 is 13.9 Å². The van der Waals surface area contributed by atoms with Gasteiger partial charge in [-0.2, -0.15) is 0 Å². The molecule has 2 unspecified atom stereocenters. The van der Waals surface area contributed by atoms with Crippen LogP contribution in [0.3, 0.4) is 0 Å². The fraction of sp³-hybridized carbons (Fsp3) is 0.792. The Bertz CT molecular complexity index is 828. The van der Waals surface area contributed by atoms with Crippen molar-refractivity contribution in [1.82, 2.24) is 5.32 Å². The van der Waals surface area contributed by atoms with Crippen LogP contribution in [0.15, 0.2) is 23.8 Å². The maximum atomic E-state index is 12.7.